The van der Waals surface area contributed by atoms with Gasteiger partial charge in [0.1, 0.15) is 11.6 Å². The van der Waals surface area contributed by atoms with Crippen LogP contribution in [0.4, 0.5) is 4.39 Å². The summed E-state index contributed by atoms with van der Waals surface area (Å²) in [5, 5.41) is 29.6. The van der Waals surface area contributed by atoms with E-state index in [4.69, 9.17) is 4.74 Å². The molecule has 0 bridgehead atoms. The predicted octanol–water partition coefficient (Wildman–Crippen LogP) is 2.70. The first kappa shape index (κ1) is 24.6. The van der Waals surface area contributed by atoms with Crippen LogP contribution in [0.2, 0.25) is 0 Å². The van der Waals surface area contributed by atoms with Crippen LogP contribution in [0.15, 0.2) is 55.4 Å². The number of fused-ring (bicyclic) bond motifs is 1. The predicted molar refractivity (Wildman–Crippen MR) is 115 cm³/mol. The third-order valence-electron chi connectivity index (χ3n) is 5.73. The van der Waals surface area contributed by atoms with Crippen LogP contribution in [-0.4, -0.2) is 56.3 Å². The number of hydrogen-bond acceptors (Lipinski definition) is 6. The quantitative estimate of drug-likeness (QED) is 0.273. The van der Waals surface area contributed by atoms with E-state index in [9.17, 15) is 19.7 Å². The van der Waals surface area contributed by atoms with Crippen molar-refractivity contribution in [2.24, 2.45) is 0 Å². The summed E-state index contributed by atoms with van der Waals surface area (Å²) in [6.45, 7) is 5.44. The number of ether oxygens (including phenoxy) is 1. The molecule has 5 atom stereocenters. The number of aliphatic hydroxyl groups is 3. The van der Waals surface area contributed by atoms with Crippen LogP contribution in [-0.2, 0) is 25.8 Å². The van der Waals surface area contributed by atoms with Gasteiger partial charge in [-0.25, -0.2) is 9.37 Å². The first-order valence-corrected chi connectivity index (χ1v) is 10.0. The molecule has 4 rings (SSSR count). The molecule has 0 unspecified atom stereocenters. The Morgan fingerprint density at radius 2 is 1.94 bits per heavy atom. The van der Waals surface area contributed by atoms with Gasteiger partial charge in [-0.05, 0) is 47.4 Å². The largest absolute Gasteiger partial charge is 0.422 e. The van der Waals surface area contributed by atoms with E-state index in [2.05, 4.69) is 16.5 Å². The number of rotatable bonds is 5. The van der Waals surface area contributed by atoms with Crippen LogP contribution in [0.25, 0.3) is 22.2 Å². The minimum atomic E-state index is -1.18. The zero-order chi connectivity index (χ0) is 22.1. The topological polar surface area (TPSA) is 95.7 Å². The van der Waals surface area contributed by atoms with Crippen molar-refractivity contribution in [2.45, 2.75) is 37.3 Å². The van der Waals surface area contributed by atoms with Crippen LogP contribution in [0.5, 0.6) is 0 Å². The molecular formula is C24H24FMoN2O4-. The van der Waals surface area contributed by atoms with Crippen molar-refractivity contribution < 1.29 is 45.5 Å². The summed E-state index contributed by atoms with van der Waals surface area (Å²) in [4.78, 5) is 8.23. The SMILES string of the molecule is C=C[C@H](c1ccc(-c2cc(F)c3nccnc3c2)cc1C)[C@@H]1[CH-][C@@H](O)[C@H](O)[C@@H](CO)O1.[Mo]. The van der Waals surface area contributed by atoms with E-state index in [1.807, 2.05) is 25.1 Å². The molecule has 1 aliphatic rings. The second kappa shape index (κ2) is 10.3. The minimum Gasteiger partial charge on any atom is -0.422 e. The maximum Gasteiger partial charge on any atom is 0.151 e. The standard InChI is InChI=1S/C24H24FN2O4.Mo/c1-3-16(21-11-20(29)24(30)22(12-28)31-21)17-5-4-14(8-13(17)2)15-9-18(25)23-19(10-15)26-6-7-27-23;/h3-11,16,20-22,24,28-30H,1,12H2,2H3;/q-1;/t16-,20-,21+,22-,24+;/m1./s1. The molecule has 2 aromatic carbocycles. The molecule has 32 heavy (non-hydrogen) atoms. The van der Waals surface area contributed by atoms with Gasteiger partial charge in [-0.15, -0.1) is 6.58 Å². The fourth-order valence-electron chi connectivity index (χ4n) is 4.08. The fourth-order valence-corrected chi connectivity index (χ4v) is 4.08. The summed E-state index contributed by atoms with van der Waals surface area (Å²) in [7, 11) is 0. The van der Waals surface area contributed by atoms with Crippen molar-refractivity contribution in [1.29, 1.82) is 0 Å². The maximum atomic E-state index is 14.5. The number of halogens is 1. The third kappa shape index (κ3) is 4.68. The molecule has 168 valence electrons. The van der Waals surface area contributed by atoms with Gasteiger partial charge in [0, 0.05) is 39.4 Å². The first-order valence-electron chi connectivity index (χ1n) is 10.0. The van der Waals surface area contributed by atoms with Gasteiger partial charge in [-0.2, -0.15) is 0 Å². The maximum absolute atomic E-state index is 14.5. The van der Waals surface area contributed by atoms with Crippen molar-refractivity contribution in [3.8, 4) is 11.1 Å². The molecule has 6 nitrogen and oxygen atoms in total. The monoisotopic (exact) mass is 521 g/mol. The molecule has 1 aromatic heterocycles. The molecule has 3 aromatic rings. The van der Waals surface area contributed by atoms with Crippen molar-refractivity contribution >= 4 is 11.0 Å². The van der Waals surface area contributed by atoms with E-state index >= 15 is 0 Å². The van der Waals surface area contributed by atoms with E-state index in [0.29, 0.717) is 11.1 Å². The molecule has 0 saturated carbocycles. The van der Waals surface area contributed by atoms with Crippen molar-refractivity contribution in [2.75, 3.05) is 6.61 Å². The van der Waals surface area contributed by atoms with Crippen LogP contribution < -0.4 is 0 Å². The van der Waals surface area contributed by atoms with Gasteiger partial charge in [0.05, 0.1) is 18.2 Å². The Bertz CT molecular complexity index is 1110. The Morgan fingerprint density at radius 3 is 2.62 bits per heavy atom. The smallest absolute Gasteiger partial charge is 0.151 e. The first-order chi connectivity index (χ1) is 14.9. The summed E-state index contributed by atoms with van der Waals surface area (Å²) < 4.78 is 20.3. The molecule has 1 fully saturated rings. The van der Waals surface area contributed by atoms with Gasteiger partial charge in [-0.3, -0.25) is 11.4 Å². The summed E-state index contributed by atoms with van der Waals surface area (Å²) in [6, 6.07) is 8.98. The van der Waals surface area contributed by atoms with Crippen LogP contribution in [0, 0.1) is 19.2 Å². The second-order valence-corrected chi connectivity index (χ2v) is 7.71. The zero-order valence-electron chi connectivity index (χ0n) is 17.4. The number of nitrogens with zero attached hydrogens (tertiary/aromatic N) is 2. The van der Waals surface area contributed by atoms with Gasteiger partial charge in [0.15, 0.2) is 5.82 Å². The van der Waals surface area contributed by atoms with Crippen LogP contribution >= 0.6 is 0 Å². The number of hydrogen-bond donors (Lipinski definition) is 3. The number of aryl methyl sites for hydroxylation is 1. The molecule has 1 aliphatic heterocycles. The van der Waals surface area contributed by atoms with Crippen LogP contribution in [0.3, 0.4) is 0 Å². The molecule has 0 aliphatic carbocycles. The van der Waals surface area contributed by atoms with E-state index < -0.39 is 36.8 Å². The summed E-state index contributed by atoms with van der Waals surface area (Å²) in [6.07, 6.45) is 2.49. The molecule has 0 amide bonds. The average Bonchev–Trinajstić information content (AvgIpc) is 2.77. The Hall–Kier alpha value is -2.02. The minimum absolute atomic E-state index is 0. The van der Waals surface area contributed by atoms with E-state index in [-0.39, 0.29) is 32.5 Å². The van der Waals surface area contributed by atoms with Gasteiger partial charge in [0.2, 0.25) is 0 Å². The molecule has 0 radical (unpaired) electrons. The van der Waals surface area contributed by atoms with Gasteiger partial charge in [0.25, 0.3) is 0 Å². The molecule has 3 N–H and O–H groups in total. The van der Waals surface area contributed by atoms with Crippen molar-refractivity contribution in [3.05, 3.63) is 78.7 Å². The number of aliphatic hydroxyl groups excluding tert-OH is 3. The van der Waals surface area contributed by atoms with E-state index in [0.717, 1.165) is 16.7 Å². The number of aromatic nitrogens is 2. The molecule has 2 heterocycles. The Kier molecular flexibility index (Phi) is 7.91. The van der Waals surface area contributed by atoms with Crippen molar-refractivity contribution in [3.63, 3.8) is 0 Å². The Balaban J connectivity index is 0.00000289. The normalized spacial score (nSPS) is 24.0. The third-order valence-corrected chi connectivity index (χ3v) is 5.73. The second-order valence-electron chi connectivity index (χ2n) is 7.71. The van der Waals surface area contributed by atoms with Gasteiger partial charge < -0.3 is 20.1 Å². The van der Waals surface area contributed by atoms with Gasteiger partial charge in [-0.1, -0.05) is 30.4 Å². The Morgan fingerprint density at radius 1 is 1.19 bits per heavy atom. The summed E-state index contributed by atoms with van der Waals surface area (Å²) >= 11 is 0. The summed E-state index contributed by atoms with van der Waals surface area (Å²) in [5.41, 5.74) is 4.08. The summed E-state index contributed by atoms with van der Waals surface area (Å²) in [5.74, 6) is -0.733. The molecule has 8 heteroatoms. The van der Waals surface area contributed by atoms with Gasteiger partial charge >= 0.3 is 0 Å². The molecule has 1 saturated heterocycles. The zero-order valence-corrected chi connectivity index (χ0v) is 19.4. The average molecular weight is 519 g/mol. The molecule has 0 spiro atoms. The number of benzene rings is 2. The molecular weight excluding hydrogens is 495 g/mol. The van der Waals surface area contributed by atoms with Crippen LogP contribution in [0.1, 0.15) is 17.0 Å². The van der Waals surface area contributed by atoms with E-state index in [1.165, 1.54) is 24.9 Å². The van der Waals surface area contributed by atoms with E-state index in [1.54, 1.807) is 12.1 Å². The fraction of sp³-hybridized carbons (Fsp3) is 0.292. The van der Waals surface area contributed by atoms with Crippen molar-refractivity contribution in [1.82, 2.24) is 9.97 Å². The Labute approximate surface area is 200 Å².